The van der Waals surface area contributed by atoms with E-state index >= 15 is 0 Å². The molecule has 19 heavy (non-hydrogen) atoms. The number of ether oxygens (including phenoxy) is 1. The normalized spacial score (nSPS) is 36.1. The van der Waals surface area contributed by atoms with Gasteiger partial charge in [-0.3, -0.25) is 4.79 Å². The predicted octanol–water partition coefficient (Wildman–Crippen LogP) is 1.17. The molecule has 106 valence electrons. The number of rotatable bonds is 3. The minimum atomic E-state index is -1.10. The molecule has 0 aromatic heterocycles. The van der Waals surface area contributed by atoms with E-state index in [4.69, 9.17) is 4.74 Å². The van der Waals surface area contributed by atoms with Crippen molar-refractivity contribution in [2.45, 2.75) is 44.1 Å². The van der Waals surface area contributed by atoms with E-state index in [0.717, 1.165) is 19.3 Å². The molecule has 2 aliphatic carbocycles. The molecule has 2 saturated carbocycles. The Hall–Kier alpha value is -1.10. The number of fused-ring (bicyclic) bond motifs is 2. The van der Waals surface area contributed by atoms with Crippen LogP contribution in [0.25, 0.3) is 0 Å². The van der Waals surface area contributed by atoms with Gasteiger partial charge in [0.05, 0.1) is 0 Å². The molecule has 3 atom stereocenters. The molecule has 1 saturated heterocycles. The Morgan fingerprint density at radius 3 is 2.42 bits per heavy atom. The minimum Gasteiger partial charge on any atom is -0.480 e. The molecule has 0 aromatic rings. The Kier molecular flexibility index (Phi) is 3.25. The molecule has 0 radical (unpaired) electrons. The van der Waals surface area contributed by atoms with E-state index in [1.165, 1.54) is 6.42 Å². The Morgan fingerprint density at radius 2 is 1.89 bits per heavy atom. The largest absolute Gasteiger partial charge is 0.480 e. The summed E-state index contributed by atoms with van der Waals surface area (Å²) < 4.78 is 5.22. The summed E-state index contributed by atoms with van der Waals surface area (Å²) in [4.78, 5) is 23.9. The van der Waals surface area contributed by atoms with Gasteiger partial charge >= 0.3 is 5.97 Å². The molecule has 2 bridgehead atoms. The van der Waals surface area contributed by atoms with Gasteiger partial charge < -0.3 is 15.2 Å². The Balaban J connectivity index is 1.68. The van der Waals surface area contributed by atoms with Gasteiger partial charge in [0, 0.05) is 32.0 Å². The molecule has 0 aromatic carbocycles. The van der Waals surface area contributed by atoms with Crippen LogP contribution in [-0.4, -0.2) is 35.7 Å². The highest BCUT2D eigenvalue weighted by Crippen LogP contribution is 2.48. The summed E-state index contributed by atoms with van der Waals surface area (Å²) >= 11 is 0. The fraction of sp³-hybridized carbons (Fsp3) is 0.857. The summed E-state index contributed by atoms with van der Waals surface area (Å²) in [5, 5.41) is 12.3. The van der Waals surface area contributed by atoms with Crippen molar-refractivity contribution in [1.82, 2.24) is 5.32 Å². The van der Waals surface area contributed by atoms with E-state index in [1.807, 2.05) is 0 Å². The molecular formula is C14H21NO4. The van der Waals surface area contributed by atoms with Crippen molar-refractivity contribution < 1.29 is 19.4 Å². The Labute approximate surface area is 112 Å². The minimum absolute atomic E-state index is 0.0396. The second-order valence-corrected chi connectivity index (χ2v) is 6.27. The maximum atomic E-state index is 12.4. The predicted molar refractivity (Wildman–Crippen MR) is 67.5 cm³/mol. The van der Waals surface area contributed by atoms with Crippen LogP contribution in [0.5, 0.6) is 0 Å². The average molecular weight is 267 g/mol. The lowest BCUT2D eigenvalue weighted by Gasteiger charge is -2.35. The second-order valence-electron chi connectivity index (χ2n) is 6.27. The van der Waals surface area contributed by atoms with Crippen molar-refractivity contribution in [3.05, 3.63) is 0 Å². The molecule has 1 aliphatic heterocycles. The first-order chi connectivity index (χ1) is 9.11. The van der Waals surface area contributed by atoms with Crippen molar-refractivity contribution in [1.29, 1.82) is 0 Å². The smallest absolute Gasteiger partial charge is 0.329 e. The number of nitrogens with one attached hydrogen (secondary N) is 1. The molecule has 3 fully saturated rings. The first-order valence-corrected chi connectivity index (χ1v) is 7.24. The van der Waals surface area contributed by atoms with Gasteiger partial charge in [0.25, 0.3) is 0 Å². The van der Waals surface area contributed by atoms with Crippen LogP contribution in [0.2, 0.25) is 0 Å². The molecule has 1 amide bonds. The van der Waals surface area contributed by atoms with Gasteiger partial charge in [0.15, 0.2) is 0 Å². The summed E-state index contributed by atoms with van der Waals surface area (Å²) in [5.41, 5.74) is -1.10. The number of carbonyl (C=O) groups excluding carboxylic acids is 1. The summed E-state index contributed by atoms with van der Waals surface area (Å²) in [6.07, 6.45) is 5.21. The number of amides is 1. The first-order valence-electron chi connectivity index (χ1n) is 7.24. The number of carbonyl (C=O) groups is 2. The summed E-state index contributed by atoms with van der Waals surface area (Å²) in [6.45, 7) is 0.812. The molecule has 3 aliphatic rings. The van der Waals surface area contributed by atoms with Gasteiger partial charge in [-0.1, -0.05) is 6.42 Å². The van der Waals surface area contributed by atoms with Crippen molar-refractivity contribution >= 4 is 11.9 Å². The zero-order chi connectivity index (χ0) is 13.5. The second kappa shape index (κ2) is 4.78. The third-order valence-corrected chi connectivity index (χ3v) is 5.19. The number of hydrogen-bond donors (Lipinski definition) is 2. The van der Waals surface area contributed by atoms with E-state index in [2.05, 4.69) is 5.32 Å². The van der Waals surface area contributed by atoms with Crippen LogP contribution >= 0.6 is 0 Å². The van der Waals surface area contributed by atoms with Gasteiger partial charge in [-0.2, -0.15) is 0 Å². The van der Waals surface area contributed by atoms with Crippen molar-refractivity contribution in [3.63, 3.8) is 0 Å². The van der Waals surface area contributed by atoms with E-state index in [0.29, 0.717) is 37.9 Å². The third kappa shape index (κ3) is 2.24. The fourth-order valence-electron chi connectivity index (χ4n) is 4.01. The van der Waals surface area contributed by atoms with Crippen LogP contribution in [-0.2, 0) is 14.3 Å². The topological polar surface area (TPSA) is 75.6 Å². The van der Waals surface area contributed by atoms with Gasteiger partial charge in [0.2, 0.25) is 5.91 Å². The summed E-state index contributed by atoms with van der Waals surface area (Å²) in [6, 6.07) is 0. The SMILES string of the molecule is O=C(NC1(C(=O)O)CCOCC1)C1CC2CCC1C2. The highest BCUT2D eigenvalue weighted by atomic mass is 16.5. The lowest BCUT2D eigenvalue weighted by molar-refractivity contribution is -0.153. The van der Waals surface area contributed by atoms with Crippen LogP contribution < -0.4 is 5.32 Å². The molecule has 3 rings (SSSR count). The first kappa shape index (κ1) is 12.9. The van der Waals surface area contributed by atoms with Gasteiger partial charge in [0.1, 0.15) is 5.54 Å². The van der Waals surface area contributed by atoms with E-state index in [1.54, 1.807) is 0 Å². The van der Waals surface area contributed by atoms with E-state index in [9.17, 15) is 14.7 Å². The molecule has 3 unspecified atom stereocenters. The van der Waals surface area contributed by atoms with Crippen molar-refractivity contribution in [2.24, 2.45) is 17.8 Å². The van der Waals surface area contributed by atoms with Gasteiger partial charge in [-0.05, 0) is 31.1 Å². The number of hydrogen-bond acceptors (Lipinski definition) is 3. The Morgan fingerprint density at radius 1 is 1.16 bits per heavy atom. The monoisotopic (exact) mass is 267 g/mol. The van der Waals surface area contributed by atoms with E-state index < -0.39 is 11.5 Å². The van der Waals surface area contributed by atoms with Crippen LogP contribution in [0.1, 0.15) is 38.5 Å². The number of aliphatic carboxylic acids is 1. The number of carboxylic acids is 1. The lowest BCUT2D eigenvalue weighted by Crippen LogP contribution is -2.59. The van der Waals surface area contributed by atoms with Crippen molar-refractivity contribution in [2.75, 3.05) is 13.2 Å². The Bertz CT molecular complexity index is 389. The van der Waals surface area contributed by atoms with E-state index in [-0.39, 0.29) is 11.8 Å². The standard InChI is InChI=1S/C14H21NO4/c16-12(11-8-9-1-2-10(11)7-9)15-14(13(17)18)3-5-19-6-4-14/h9-11H,1-8H2,(H,15,16)(H,17,18). The summed E-state index contributed by atoms with van der Waals surface area (Å²) in [7, 11) is 0. The maximum absolute atomic E-state index is 12.4. The van der Waals surface area contributed by atoms with Crippen LogP contribution in [0, 0.1) is 17.8 Å². The quantitative estimate of drug-likeness (QED) is 0.805. The molecule has 2 N–H and O–H groups in total. The maximum Gasteiger partial charge on any atom is 0.329 e. The average Bonchev–Trinajstić information content (AvgIpc) is 3.02. The molecule has 0 spiro atoms. The lowest BCUT2D eigenvalue weighted by atomic mass is 9.85. The highest BCUT2D eigenvalue weighted by molar-refractivity contribution is 5.88. The van der Waals surface area contributed by atoms with Gasteiger partial charge in [-0.15, -0.1) is 0 Å². The van der Waals surface area contributed by atoms with Crippen LogP contribution in [0.4, 0.5) is 0 Å². The van der Waals surface area contributed by atoms with Crippen LogP contribution in [0.15, 0.2) is 0 Å². The molecule has 5 heteroatoms. The fourth-order valence-corrected chi connectivity index (χ4v) is 4.01. The summed E-state index contributed by atoms with van der Waals surface area (Å²) in [5.74, 6) is 0.244. The molecule has 5 nitrogen and oxygen atoms in total. The number of carboxylic acid groups (broad SMARTS) is 1. The molecular weight excluding hydrogens is 246 g/mol. The molecule has 1 heterocycles. The zero-order valence-electron chi connectivity index (χ0n) is 11.1. The third-order valence-electron chi connectivity index (χ3n) is 5.19. The highest BCUT2D eigenvalue weighted by Gasteiger charge is 2.47. The van der Waals surface area contributed by atoms with Gasteiger partial charge in [-0.25, -0.2) is 4.79 Å². The van der Waals surface area contributed by atoms with Crippen LogP contribution in [0.3, 0.4) is 0 Å². The van der Waals surface area contributed by atoms with Crippen molar-refractivity contribution in [3.8, 4) is 0 Å². The zero-order valence-corrected chi connectivity index (χ0v) is 11.1.